The zero-order chi connectivity index (χ0) is 8.70. The second kappa shape index (κ2) is 2.34. The lowest BCUT2D eigenvalue weighted by Crippen LogP contribution is -2.36. The molecule has 0 spiro atoms. The van der Waals surface area contributed by atoms with Crippen molar-refractivity contribution in [3.05, 3.63) is 12.3 Å². The average Bonchev–Trinajstić information content (AvgIpc) is 2.07. The van der Waals surface area contributed by atoms with E-state index in [9.17, 15) is 0 Å². The predicted molar refractivity (Wildman–Crippen MR) is 49.1 cm³/mol. The summed E-state index contributed by atoms with van der Waals surface area (Å²) < 4.78 is 1.04. The minimum absolute atomic E-state index is 0.433. The van der Waals surface area contributed by atoms with E-state index in [1.807, 2.05) is 0 Å². The molecule has 1 unspecified atom stereocenters. The van der Waals surface area contributed by atoms with Crippen molar-refractivity contribution in [1.29, 1.82) is 0 Å². The molecule has 0 aromatic carbocycles. The van der Waals surface area contributed by atoms with Crippen molar-refractivity contribution in [1.82, 2.24) is 0 Å². The Morgan fingerprint density at radius 2 is 1.82 bits per heavy atom. The van der Waals surface area contributed by atoms with Crippen LogP contribution in [0.3, 0.4) is 0 Å². The average molecular weight is 154 g/mol. The van der Waals surface area contributed by atoms with Crippen molar-refractivity contribution in [3.63, 3.8) is 0 Å². The topological polar surface area (TPSA) is 0 Å². The third-order valence-corrected chi connectivity index (χ3v) is 2.50. The molecular formula is C10H20N+. The van der Waals surface area contributed by atoms with Crippen LogP contribution in [-0.4, -0.2) is 25.1 Å². The van der Waals surface area contributed by atoms with Crippen molar-refractivity contribution in [3.8, 4) is 0 Å². The fourth-order valence-corrected chi connectivity index (χ4v) is 1.53. The van der Waals surface area contributed by atoms with Gasteiger partial charge in [0.25, 0.3) is 0 Å². The molecule has 11 heavy (non-hydrogen) atoms. The molecule has 1 aliphatic heterocycles. The molecule has 1 aliphatic rings. The van der Waals surface area contributed by atoms with Crippen LogP contribution >= 0.6 is 0 Å². The Balaban J connectivity index is 2.65. The van der Waals surface area contributed by atoms with Gasteiger partial charge in [-0.2, -0.15) is 0 Å². The highest BCUT2D eigenvalue weighted by Crippen LogP contribution is 2.32. The first kappa shape index (κ1) is 8.79. The summed E-state index contributed by atoms with van der Waals surface area (Å²) in [5.41, 5.74) is 0.433. The Hall–Kier alpha value is -0.300. The van der Waals surface area contributed by atoms with Crippen molar-refractivity contribution in [2.24, 2.45) is 11.3 Å². The minimum Gasteiger partial charge on any atom is -0.302 e. The highest BCUT2D eigenvalue weighted by Gasteiger charge is 2.33. The third-order valence-electron chi connectivity index (χ3n) is 2.50. The van der Waals surface area contributed by atoms with E-state index in [-0.39, 0.29) is 0 Å². The molecule has 0 N–H and O–H groups in total. The number of rotatable bonds is 0. The molecule has 1 heteroatoms. The van der Waals surface area contributed by atoms with Gasteiger partial charge in [-0.05, 0) is 11.5 Å². The molecule has 0 aliphatic carbocycles. The summed E-state index contributed by atoms with van der Waals surface area (Å²) in [6, 6.07) is 0. The molecule has 0 amide bonds. The fraction of sp³-hybridized carbons (Fsp3) is 0.800. The maximum absolute atomic E-state index is 2.36. The van der Waals surface area contributed by atoms with Gasteiger partial charge in [0, 0.05) is 5.92 Å². The summed E-state index contributed by atoms with van der Waals surface area (Å²) in [4.78, 5) is 0. The van der Waals surface area contributed by atoms with Crippen LogP contribution in [0.2, 0.25) is 0 Å². The highest BCUT2D eigenvalue weighted by atomic mass is 15.3. The van der Waals surface area contributed by atoms with Crippen LogP contribution in [0.25, 0.3) is 0 Å². The van der Waals surface area contributed by atoms with E-state index in [1.54, 1.807) is 0 Å². The van der Waals surface area contributed by atoms with E-state index in [4.69, 9.17) is 0 Å². The van der Waals surface area contributed by atoms with Gasteiger partial charge in [-0.1, -0.05) is 20.8 Å². The monoisotopic (exact) mass is 154 g/mol. The fourth-order valence-electron chi connectivity index (χ4n) is 1.53. The Bertz CT molecular complexity index is 172. The van der Waals surface area contributed by atoms with E-state index in [0.29, 0.717) is 5.41 Å². The first-order chi connectivity index (χ1) is 4.81. The standard InChI is InChI=1S/C10H20N/c1-10(2,3)9-6-7-11(4,5)8-9/h6-7,9H,8H2,1-5H3/q+1. The molecule has 0 saturated heterocycles. The number of hydrogen-bond donors (Lipinski definition) is 0. The Kier molecular flexibility index (Phi) is 1.87. The summed E-state index contributed by atoms with van der Waals surface area (Å²) in [6.07, 6.45) is 4.66. The Morgan fingerprint density at radius 1 is 1.27 bits per heavy atom. The van der Waals surface area contributed by atoms with Gasteiger partial charge in [-0.3, -0.25) is 0 Å². The molecule has 0 radical (unpaired) electrons. The minimum atomic E-state index is 0.433. The summed E-state index contributed by atoms with van der Waals surface area (Å²) >= 11 is 0. The predicted octanol–water partition coefficient (Wildman–Crippen LogP) is 2.25. The van der Waals surface area contributed by atoms with Crippen molar-refractivity contribution in [2.75, 3.05) is 20.6 Å². The van der Waals surface area contributed by atoms with Gasteiger partial charge >= 0.3 is 0 Å². The number of hydrogen-bond acceptors (Lipinski definition) is 0. The summed E-state index contributed by atoms with van der Waals surface area (Å²) in [5.74, 6) is 0.748. The largest absolute Gasteiger partial charge is 0.302 e. The Labute approximate surface area is 70.3 Å². The van der Waals surface area contributed by atoms with E-state index < -0.39 is 0 Å². The van der Waals surface area contributed by atoms with Crippen LogP contribution in [0, 0.1) is 11.3 Å². The first-order valence-corrected chi connectivity index (χ1v) is 4.33. The Morgan fingerprint density at radius 3 is 2.00 bits per heavy atom. The van der Waals surface area contributed by atoms with Gasteiger partial charge < -0.3 is 4.48 Å². The lowest BCUT2D eigenvalue weighted by Gasteiger charge is -2.28. The van der Waals surface area contributed by atoms with Crippen LogP contribution in [-0.2, 0) is 0 Å². The molecular weight excluding hydrogens is 134 g/mol. The second-order valence-electron chi connectivity index (χ2n) is 5.28. The molecule has 1 heterocycles. The van der Waals surface area contributed by atoms with E-state index >= 15 is 0 Å². The summed E-state index contributed by atoms with van der Waals surface area (Å²) in [6.45, 7) is 8.19. The molecule has 0 bridgehead atoms. The molecule has 1 nitrogen and oxygen atoms in total. The summed E-state index contributed by atoms with van der Waals surface area (Å²) in [5, 5.41) is 0. The maximum atomic E-state index is 2.36. The lowest BCUT2D eigenvalue weighted by molar-refractivity contribution is -0.836. The molecule has 0 saturated carbocycles. The van der Waals surface area contributed by atoms with Gasteiger partial charge in [0.15, 0.2) is 0 Å². The van der Waals surface area contributed by atoms with Crippen LogP contribution in [0.15, 0.2) is 12.3 Å². The molecule has 1 atom stereocenters. The first-order valence-electron chi connectivity index (χ1n) is 4.33. The molecule has 0 aromatic rings. The number of nitrogens with zero attached hydrogens (tertiary/aromatic N) is 1. The van der Waals surface area contributed by atoms with Crippen LogP contribution < -0.4 is 0 Å². The van der Waals surface area contributed by atoms with E-state index in [2.05, 4.69) is 47.1 Å². The van der Waals surface area contributed by atoms with E-state index in [0.717, 1.165) is 10.4 Å². The quantitative estimate of drug-likeness (QED) is 0.469. The van der Waals surface area contributed by atoms with E-state index in [1.165, 1.54) is 6.54 Å². The molecule has 0 fully saturated rings. The normalized spacial score (nSPS) is 29.4. The summed E-state index contributed by atoms with van der Waals surface area (Å²) in [7, 11) is 4.50. The maximum Gasteiger partial charge on any atom is 0.0919 e. The third kappa shape index (κ3) is 2.06. The van der Waals surface area contributed by atoms with Crippen molar-refractivity contribution < 1.29 is 4.48 Å². The highest BCUT2D eigenvalue weighted by molar-refractivity contribution is 4.95. The number of quaternary nitrogens is 1. The smallest absolute Gasteiger partial charge is 0.0919 e. The van der Waals surface area contributed by atoms with Crippen LogP contribution in [0.4, 0.5) is 0 Å². The van der Waals surface area contributed by atoms with Gasteiger partial charge in [0.05, 0.1) is 26.8 Å². The molecule has 0 aromatic heterocycles. The van der Waals surface area contributed by atoms with Crippen LogP contribution in [0.1, 0.15) is 20.8 Å². The van der Waals surface area contributed by atoms with Gasteiger partial charge in [0.2, 0.25) is 0 Å². The van der Waals surface area contributed by atoms with Crippen molar-refractivity contribution in [2.45, 2.75) is 20.8 Å². The zero-order valence-corrected chi connectivity index (χ0v) is 8.39. The lowest BCUT2D eigenvalue weighted by atomic mass is 9.81. The van der Waals surface area contributed by atoms with Gasteiger partial charge in [-0.15, -0.1) is 0 Å². The molecule has 64 valence electrons. The van der Waals surface area contributed by atoms with Crippen molar-refractivity contribution >= 4 is 0 Å². The zero-order valence-electron chi connectivity index (χ0n) is 8.39. The van der Waals surface area contributed by atoms with Gasteiger partial charge in [0.1, 0.15) is 0 Å². The SMILES string of the molecule is CC(C)(C)C1C=C[N+](C)(C)C1. The molecule has 1 rings (SSSR count). The van der Waals surface area contributed by atoms with Crippen LogP contribution in [0.5, 0.6) is 0 Å². The second-order valence-corrected chi connectivity index (χ2v) is 5.28. The van der Waals surface area contributed by atoms with Gasteiger partial charge in [-0.25, -0.2) is 0 Å².